The number of aromatic amines is 1. The van der Waals surface area contributed by atoms with Gasteiger partial charge in [-0.2, -0.15) is 4.98 Å². The molecular formula is C17H17Cl2N7O. The Kier molecular flexibility index (Phi) is 7.16. The molecule has 0 bridgehead atoms. The number of benzene rings is 2. The molecule has 1 heterocycles. The van der Waals surface area contributed by atoms with Gasteiger partial charge in [0.25, 0.3) is 5.91 Å². The quantitative estimate of drug-likeness (QED) is 0.334. The maximum Gasteiger partial charge on any atom is 0.253 e. The number of nitrogens with zero attached hydrogens (tertiary/aromatic N) is 2. The zero-order valence-electron chi connectivity index (χ0n) is 14.0. The van der Waals surface area contributed by atoms with Crippen LogP contribution < -0.4 is 16.8 Å². The molecule has 0 unspecified atom stereocenters. The van der Waals surface area contributed by atoms with Crippen molar-refractivity contribution in [2.24, 2.45) is 5.73 Å². The molecular weight excluding hydrogens is 389 g/mol. The van der Waals surface area contributed by atoms with Gasteiger partial charge in [0.05, 0.1) is 22.2 Å². The molecule has 0 fully saturated rings. The molecule has 3 aromatic rings. The van der Waals surface area contributed by atoms with E-state index in [0.29, 0.717) is 21.4 Å². The molecule has 0 aliphatic carbocycles. The Balaban J connectivity index is 0.000000194. The minimum Gasteiger partial charge on any atom is -0.386 e. The first kappa shape index (κ1) is 20.2. The van der Waals surface area contributed by atoms with E-state index in [1.807, 2.05) is 18.2 Å². The molecule has 0 atom stereocenters. The first-order chi connectivity index (χ1) is 12.9. The second kappa shape index (κ2) is 9.56. The molecule has 0 radical (unpaired) electrons. The first-order valence-corrected chi connectivity index (χ1v) is 8.42. The van der Waals surface area contributed by atoms with Gasteiger partial charge < -0.3 is 16.8 Å². The van der Waals surface area contributed by atoms with Crippen LogP contribution in [0, 0.1) is 5.41 Å². The van der Waals surface area contributed by atoms with E-state index in [2.05, 4.69) is 20.5 Å². The number of H-pyrrole nitrogens is 1. The molecule has 0 saturated carbocycles. The number of aromatic nitrogens is 3. The van der Waals surface area contributed by atoms with Crippen LogP contribution in [-0.2, 0) is 0 Å². The normalized spacial score (nSPS) is 9.85. The highest BCUT2D eigenvalue weighted by Gasteiger charge is 2.08. The van der Waals surface area contributed by atoms with Crippen LogP contribution in [0.15, 0.2) is 48.5 Å². The molecule has 1 amide bonds. The molecule has 10 heteroatoms. The highest BCUT2D eigenvalue weighted by molar-refractivity contribution is 6.34. The monoisotopic (exact) mass is 405 g/mol. The van der Waals surface area contributed by atoms with Gasteiger partial charge in [0.15, 0.2) is 5.82 Å². The van der Waals surface area contributed by atoms with Gasteiger partial charge in [-0.3, -0.25) is 15.3 Å². The third-order valence-corrected chi connectivity index (χ3v) is 3.85. The molecule has 0 spiro atoms. The van der Waals surface area contributed by atoms with Gasteiger partial charge >= 0.3 is 0 Å². The van der Waals surface area contributed by atoms with Crippen molar-refractivity contribution in [2.75, 3.05) is 12.3 Å². The third-order valence-electron chi connectivity index (χ3n) is 3.19. The Morgan fingerprint density at radius 1 is 1.11 bits per heavy atom. The predicted molar refractivity (Wildman–Crippen MR) is 107 cm³/mol. The molecule has 27 heavy (non-hydrogen) atoms. The Bertz CT molecular complexity index is 942. The lowest BCUT2D eigenvalue weighted by molar-refractivity contribution is 0.0959. The molecule has 2 aromatic carbocycles. The van der Waals surface area contributed by atoms with Gasteiger partial charge in [-0.15, -0.1) is 5.10 Å². The molecule has 3 rings (SSSR count). The second-order valence-corrected chi connectivity index (χ2v) is 6.02. The number of anilines is 1. The SMILES string of the molecule is N=C(N)CNC(=O)c1ccccc1Cl.Nc1n[nH]c(-c2ccccc2Cl)n1. The fourth-order valence-corrected chi connectivity index (χ4v) is 2.41. The number of nitrogens with one attached hydrogen (secondary N) is 3. The van der Waals surface area contributed by atoms with Crippen molar-refractivity contribution in [2.45, 2.75) is 0 Å². The van der Waals surface area contributed by atoms with Gasteiger partial charge in [0, 0.05) is 5.56 Å². The number of nitrogen functional groups attached to an aromatic ring is 1. The minimum atomic E-state index is -0.328. The number of hydrogen-bond donors (Lipinski definition) is 5. The van der Waals surface area contributed by atoms with Crippen LogP contribution in [0.5, 0.6) is 0 Å². The third kappa shape index (κ3) is 5.98. The topological polar surface area (TPSA) is 147 Å². The number of rotatable bonds is 4. The van der Waals surface area contributed by atoms with E-state index in [1.165, 1.54) is 0 Å². The highest BCUT2D eigenvalue weighted by Crippen LogP contribution is 2.24. The molecule has 7 N–H and O–H groups in total. The zero-order chi connectivity index (χ0) is 19.8. The number of amidine groups is 1. The van der Waals surface area contributed by atoms with Crippen LogP contribution in [0.4, 0.5) is 5.95 Å². The molecule has 0 aliphatic rings. The lowest BCUT2D eigenvalue weighted by Crippen LogP contribution is -2.32. The van der Waals surface area contributed by atoms with E-state index in [0.717, 1.165) is 5.56 Å². The van der Waals surface area contributed by atoms with Crippen molar-refractivity contribution >= 4 is 40.9 Å². The van der Waals surface area contributed by atoms with E-state index in [4.69, 9.17) is 40.1 Å². The summed E-state index contributed by atoms with van der Waals surface area (Å²) >= 11 is 11.7. The smallest absolute Gasteiger partial charge is 0.253 e. The largest absolute Gasteiger partial charge is 0.386 e. The standard InChI is InChI=1S/C9H10ClN3O.C8H7ClN4/c10-7-4-2-1-3-6(7)9(14)13-5-8(11)12;9-6-4-2-1-3-5(6)7-11-8(10)13-12-7/h1-4H,5H2,(H3,11,12)(H,13,14);1-4H,(H3,10,11,12,13). The number of amides is 1. The summed E-state index contributed by atoms with van der Waals surface area (Å²) in [7, 11) is 0. The highest BCUT2D eigenvalue weighted by atomic mass is 35.5. The molecule has 0 saturated heterocycles. The molecule has 8 nitrogen and oxygen atoms in total. The summed E-state index contributed by atoms with van der Waals surface area (Å²) in [5.41, 5.74) is 11.6. The average Bonchev–Trinajstić information content (AvgIpc) is 3.07. The number of carbonyl (C=O) groups is 1. The predicted octanol–water partition coefficient (Wildman–Crippen LogP) is 2.71. The first-order valence-electron chi connectivity index (χ1n) is 7.67. The van der Waals surface area contributed by atoms with Crippen LogP contribution in [-0.4, -0.2) is 33.5 Å². The molecule has 1 aromatic heterocycles. The van der Waals surface area contributed by atoms with Gasteiger partial charge in [0.2, 0.25) is 5.95 Å². The van der Waals surface area contributed by atoms with Gasteiger partial charge in [0.1, 0.15) is 5.84 Å². The summed E-state index contributed by atoms with van der Waals surface area (Å²) in [4.78, 5) is 15.4. The second-order valence-electron chi connectivity index (χ2n) is 5.21. The molecule has 0 aliphatic heterocycles. The summed E-state index contributed by atoms with van der Waals surface area (Å²) in [6.07, 6.45) is 0. The van der Waals surface area contributed by atoms with Crippen LogP contribution in [0.25, 0.3) is 11.4 Å². The Labute approximate surface area is 165 Å². The van der Waals surface area contributed by atoms with Crippen molar-refractivity contribution in [3.05, 3.63) is 64.1 Å². The molecule has 140 valence electrons. The fraction of sp³-hybridized carbons (Fsp3) is 0.0588. The van der Waals surface area contributed by atoms with E-state index < -0.39 is 0 Å². The van der Waals surface area contributed by atoms with Gasteiger partial charge in [-0.25, -0.2) is 0 Å². The van der Waals surface area contributed by atoms with E-state index in [1.54, 1.807) is 30.3 Å². The van der Waals surface area contributed by atoms with E-state index in [9.17, 15) is 4.79 Å². The van der Waals surface area contributed by atoms with Crippen LogP contribution in [0.2, 0.25) is 10.0 Å². The van der Waals surface area contributed by atoms with Gasteiger partial charge in [-0.1, -0.05) is 47.5 Å². The summed E-state index contributed by atoms with van der Waals surface area (Å²) in [6.45, 7) is 0.0318. The van der Waals surface area contributed by atoms with Crippen LogP contribution in [0.3, 0.4) is 0 Å². The lowest BCUT2D eigenvalue weighted by atomic mass is 10.2. The van der Waals surface area contributed by atoms with Crippen molar-refractivity contribution in [1.29, 1.82) is 5.41 Å². The Hall–Kier alpha value is -3.10. The fourth-order valence-electron chi connectivity index (χ4n) is 1.96. The minimum absolute atomic E-state index is 0.0318. The maximum absolute atomic E-state index is 11.4. The van der Waals surface area contributed by atoms with Crippen molar-refractivity contribution in [3.8, 4) is 11.4 Å². The van der Waals surface area contributed by atoms with Crippen molar-refractivity contribution < 1.29 is 4.79 Å². The van der Waals surface area contributed by atoms with Crippen molar-refractivity contribution in [1.82, 2.24) is 20.5 Å². The summed E-state index contributed by atoms with van der Waals surface area (Å²) in [5, 5.41) is 16.8. The maximum atomic E-state index is 11.4. The number of nitrogens with two attached hydrogens (primary N) is 2. The zero-order valence-corrected chi connectivity index (χ0v) is 15.6. The summed E-state index contributed by atoms with van der Waals surface area (Å²) in [6, 6.07) is 14.1. The van der Waals surface area contributed by atoms with Gasteiger partial charge in [-0.05, 0) is 24.3 Å². The van der Waals surface area contributed by atoms with Crippen LogP contribution in [0.1, 0.15) is 10.4 Å². The summed E-state index contributed by atoms with van der Waals surface area (Å²) in [5.74, 6) is 0.384. The van der Waals surface area contributed by atoms with Crippen LogP contribution >= 0.6 is 23.2 Å². The van der Waals surface area contributed by atoms with E-state index in [-0.39, 0.29) is 24.2 Å². The summed E-state index contributed by atoms with van der Waals surface area (Å²) < 4.78 is 0. The number of halogens is 2. The Morgan fingerprint density at radius 2 is 1.74 bits per heavy atom. The van der Waals surface area contributed by atoms with Crippen molar-refractivity contribution in [3.63, 3.8) is 0 Å². The van der Waals surface area contributed by atoms with E-state index >= 15 is 0 Å². The lowest BCUT2D eigenvalue weighted by Gasteiger charge is -2.04. The number of hydrogen-bond acceptors (Lipinski definition) is 5. The Morgan fingerprint density at radius 3 is 2.30 bits per heavy atom. The average molecular weight is 406 g/mol. The number of carbonyl (C=O) groups excluding carboxylic acids is 1.